The summed E-state index contributed by atoms with van der Waals surface area (Å²) in [6, 6.07) is 7.61. The van der Waals surface area contributed by atoms with Crippen molar-refractivity contribution in [3.8, 4) is 6.07 Å². The van der Waals surface area contributed by atoms with Crippen molar-refractivity contribution in [2.45, 2.75) is 31.0 Å². The standard InChI is InChI=1S/C15H13NO3/c1-2-7-15-12-5-3-10(9-16)8-11(12)4-6-13(15)18-14(17)19-15/h2-3,5,8,13H,1,4,6-7H2/t13-,15-/m1/s1. The minimum absolute atomic E-state index is 0.265. The summed E-state index contributed by atoms with van der Waals surface area (Å²) in [6.45, 7) is 3.74. The highest BCUT2D eigenvalue weighted by Gasteiger charge is 2.54. The van der Waals surface area contributed by atoms with Crippen molar-refractivity contribution in [3.63, 3.8) is 0 Å². The average Bonchev–Trinajstić information content (AvgIpc) is 2.74. The molecule has 4 heteroatoms. The molecule has 1 aliphatic heterocycles. The third-order valence-corrected chi connectivity index (χ3v) is 3.84. The van der Waals surface area contributed by atoms with Crippen LogP contribution in [0.4, 0.5) is 4.79 Å². The maximum Gasteiger partial charge on any atom is 0.509 e. The van der Waals surface area contributed by atoms with E-state index in [1.165, 1.54) is 0 Å². The molecular weight excluding hydrogens is 242 g/mol. The van der Waals surface area contributed by atoms with Gasteiger partial charge in [-0.1, -0.05) is 12.1 Å². The highest BCUT2D eigenvalue weighted by molar-refractivity contribution is 5.65. The molecule has 1 aromatic carbocycles. The zero-order valence-electron chi connectivity index (χ0n) is 10.4. The first-order chi connectivity index (χ1) is 9.19. The van der Waals surface area contributed by atoms with Crippen LogP contribution in [0.5, 0.6) is 0 Å². The van der Waals surface area contributed by atoms with Crippen LogP contribution in [0.2, 0.25) is 0 Å². The topological polar surface area (TPSA) is 59.3 Å². The van der Waals surface area contributed by atoms with E-state index in [-0.39, 0.29) is 6.10 Å². The number of rotatable bonds is 2. The maximum absolute atomic E-state index is 11.5. The van der Waals surface area contributed by atoms with Crippen molar-refractivity contribution in [2.24, 2.45) is 0 Å². The molecule has 2 aliphatic rings. The molecule has 2 atom stereocenters. The van der Waals surface area contributed by atoms with Gasteiger partial charge in [0, 0.05) is 12.0 Å². The number of nitrogens with zero attached hydrogens (tertiary/aromatic N) is 1. The van der Waals surface area contributed by atoms with Crippen molar-refractivity contribution in [2.75, 3.05) is 0 Å². The maximum atomic E-state index is 11.5. The summed E-state index contributed by atoms with van der Waals surface area (Å²) in [6.07, 6.45) is 2.86. The third kappa shape index (κ3) is 1.62. The first kappa shape index (κ1) is 11.8. The molecule has 1 aromatic rings. The van der Waals surface area contributed by atoms with Crippen molar-refractivity contribution in [1.82, 2.24) is 0 Å². The van der Waals surface area contributed by atoms with E-state index in [1.807, 2.05) is 12.1 Å². The largest absolute Gasteiger partial charge is 0.509 e. The van der Waals surface area contributed by atoms with Gasteiger partial charge in [-0.25, -0.2) is 4.79 Å². The van der Waals surface area contributed by atoms with Gasteiger partial charge in [-0.2, -0.15) is 5.26 Å². The summed E-state index contributed by atoms with van der Waals surface area (Å²) >= 11 is 0. The highest BCUT2D eigenvalue weighted by Crippen LogP contribution is 2.47. The summed E-state index contributed by atoms with van der Waals surface area (Å²) in [4.78, 5) is 11.5. The first-order valence-corrected chi connectivity index (χ1v) is 6.23. The lowest BCUT2D eigenvalue weighted by Gasteiger charge is -2.36. The van der Waals surface area contributed by atoms with E-state index >= 15 is 0 Å². The van der Waals surface area contributed by atoms with E-state index in [0.717, 1.165) is 17.5 Å². The Balaban J connectivity index is 2.15. The molecule has 0 bridgehead atoms. The minimum Gasteiger partial charge on any atom is -0.426 e. The van der Waals surface area contributed by atoms with Crippen LogP contribution in [0.1, 0.15) is 29.5 Å². The number of benzene rings is 1. The second-order valence-corrected chi connectivity index (χ2v) is 4.86. The number of carbonyl (C=O) groups is 1. The van der Waals surface area contributed by atoms with Crippen LogP contribution in [-0.2, 0) is 21.5 Å². The average molecular weight is 255 g/mol. The van der Waals surface area contributed by atoms with Crippen LogP contribution in [-0.4, -0.2) is 12.3 Å². The minimum atomic E-state index is -0.763. The van der Waals surface area contributed by atoms with Gasteiger partial charge in [-0.05, 0) is 30.5 Å². The van der Waals surface area contributed by atoms with E-state index in [4.69, 9.17) is 14.7 Å². The number of hydrogen-bond donors (Lipinski definition) is 0. The predicted octanol–water partition coefficient (Wildman–Crippen LogP) is 2.81. The quantitative estimate of drug-likeness (QED) is 0.602. The molecule has 3 rings (SSSR count). The smallest absolute Gasteiger partial charge is 0.426 e. The summed E-state index contributed by atoms with van der Waals surface area (Å²) < 4.78 is 10.7. The second kappa shape index (κ2) is 4.13. The molecule has 96 valence electrons. The zero-order valence-corrected chi connectivity index (χ0v) is 10.4. The van der Waals surface area contributed by atoms with Crippen molar-refractivity contribution < 1.29 is 14.3 Å². The lowest BCUT2D eigenvalue weighted by molar-refractivity contribution is 0.0162. The van der Waals surface area contributed by atoms with Gasteiger partial charge in [0.1, 0.15) is 0 Å². The molecule has 1 saturated heterocycles. The van der Waals surface area contributed by atoms with Gasteiger partial charge < -0.3 is 9.47 Å². The van der Waals surface area contributed by atoms with Gasteiger partial charge >= 0.3 is 6.16 Å². The Hall–Kier alpha value is -2.28. The molecule has 0 aromatic heterocycles. The summed E-state index contributed by atoms with van der Waals surface area (Å²) in [5.74, 6) is 0. The van der Waals surface area contributed by atoms with Crippen molar-refractivity contribution in [3.05, 3.63) is 47.5 Å². The highest BCUT2D eigenvalue weighted by atomic mass is 16.8. The van der Waals surface area contributed by atoms with Gasteiger partial charge in [0.2, 0.25) is 0 Å². The number of nitriles is 1. The predicted molar refractivity (Wildman–Crippen MR) is 67.3 cm³/mol. The molecule has 0 N–H and O–H groups in total. The second-order valence-electron chi connectivity index (χ2n) is 4.86. The van der Waals surface area contributed by atoms with E-state index in [0.29, 0.717) is 18.4 Å². The fourth-order valence-corrected chi connectivity index (χ4v) is 3.04. The molecule has 1 heterocycles. The number of ether oxygens (including phenoxy) is 2. The molecule has 0 spiro atoms. The van der Waals surface area contributed by atoms with Crippen LogP contribution in [0.15, 0.2) is 30.9 Å². The molecule has 19 heavy (non-hydrogen) atoms. The number of hydrogen-bond acceptors (Lipinski definition) is 4. The summed E-state index contributed by atoms with van der Waals surface area (Å²) in [5, 5.41) is 8.96. The Morgan fingerprint density at radius 3 is 3.16 bits per heavy atom. The zero-order chi connectivity index (χ0) is 13.5. The van der Waals surface area contributed by atoms with E-state index in [1.54, 1.807) is 12.1 Å². The molecule has 0 amide bonds. The fraction of sp³-hybridized carbons (Fsp3) is 0.333. The summed E-state index contributed by atoms with van der Waals surface area (Å²) in [7, 11) is 0. The summed E-state index contributed by atoms with van der Waals surface area (Å²) in [5.41, 5.74) is 1.85. The van der Waals surface area contributed by atoms with Gasteiger partial charge in [0.25, 0.3) is 0 Å². The van der Waals surface area contributed by atoms with Gasteiger partial charge in [0.05, 0.1) is 11.6 Å². The Morgan fingerprint density at radius 2 is 2.42 bits per heavy atom. The number of fused-ring (bicyclic) bond motifs is 3. The molecule has 0 unspecified atom stereocenters. The lowest BCUT2D eigenvalue weighted by Crippen LogP contribution is -2.41. The van der Waals surface area contributed by atoms with E-state index in [2.05, 4.69) is 12.6 Å². The lowest BCUT2D eigenvalue weighted by atomic mass is 9.75. The Morgan fingerprint density at radius 1 is 1.58 bits per heavy atom. The van der Waals surface area contributed by atoms with Gasteiger partial charge in [-0.3, -0.25) is 0 Å². The van der Waals surface area contributed by atoms with Crippen LogP contribution >= 0.6 is 0 Å². The van der Waals surface area contributed by atoms with Crippen LogP contribution in [0.3, 0.4) is 0 Å². The Bertz CT molecular complexity index is 602. The van der Waals surface area contributed by atoms with Crippen LogP contribution in [0.25, 0.3) is 0 Å². The van der Waals surface area contributed by atoms with Crippen LogP contribution < -0.4 is 0 Å². The number of aryl methyl sites for hydroxylation is 1. The van der Waals surface area contributed by atoms with Crippen molar-refractivity contribution in [1.29, 1.82) is 5.26 Å². The Kier molecular flexibility index (Phi) is 2.56. The van der Waals surface area contributed by atoms with Crippen molar-refractivity contribution >= 4 is 6.16 Å². The van der Waals surface area contributed by atoms with Crippen LogP contribution in [0, 0.1) is 11.3 Å². The Labute approximate surface area is 111 Å². The molecule has 0 saturated carbocycles. The van der Waals surface area contributed by atoms with Gasteiger partial charge in [-0.15, -0.1) is 6.58 Å². The molecule has 4 nitrogen and oxygen atoms in total. The molecular formula is C15H13NO3. The number of carbonyl (C=O) groups excluding carboxylic acids is 1. The third-order valence-electron chi connectivity index (χ3n) is 3.84. The van der Waals surface area contributed by atoms with E-state index in [9.17, 15) is 4.79 Å². The SMILES string of the molecule is C=CC[C@]12OC(=O)O[C@@H]1CCc1cc(C#N)ccc12. The normalized spacial score (nSPS) is 27.5. The molecule has 1 fully saturated rings. The first-order valence-electron chi connectivity index (χ1n) is 6.23. The van der Waals surface area contributed by atoms with Gasteiger partial charge in [0.15, 0.2) is 11.7 Å². The van der Waals surface area contributed by atoms with E-state index < -0.39 is 11.8 Å². The molecule has 0 radical (unpaired) electrons. The fourth-order valence-electron chi connectivity index (χ4n) is 3.04. The molecule has 1 aliphatic carbocycles. The monoisotopic (exact) mass is 255 g/mol.